The van der Waals surface area contributed by atoms with Gasteiger partial charge in [0.15, 0.2) is 0 Å². The first-order chi connectivity index (χ1) is 9.88. The molecule has 2 atom stereocenters. The van der Waals surface area contributed by atoms with Crippen LogP contribution in [0.3, 0.4) is 0 Å². The number of hydrogen-bond acceptors (Lipinski definition) is 4. The Bertz CT molecular complexity index is 214. The molecule has 0 bridgehead atoms. The van der Waals surface area contributed by atoms with E-state index in [1.807, 2.05) is 0 Å². The molecule has 1 aliphatic carbocycles. The van der Waals surface area contributed by atoms with Crippen molar-refractivity contribution in [2.24, 2.45) is 5.92 Å². The molecular weight excluding hydrogens is 254 g/mol. The molecule has 1 N–H and O–H groups in total. The van der Waals surface area contributed by atoms with Crippen LogP contribution in [0.2, 0.25) is 0 Å². The highest BCUT2D eigenvalue weighted by molar-refractivity contribution is 4.81. The summed E-state index contributed by atoms with van der Waals surface area (Å²) < 4.78 is 16.5. The molecule has 0 saturated heterocycles. The van der Waals surface area contributed by atoms with Gasteiger partial charge in [-0.05, 0) is 38.6 Å². The van der Waals surface area contributed by atoms with Crippen molar-refractivity contribution in [3.63, 3.8) is 0 Å². The highest BCUT2D eigenvalue weighted by Crippen LogP contribution is 2.27. The quantitative estimate of drug-likeness (QED) is 0.529. The Kier molecular flexibility index (Phi) is 11.2. The molecule has 0 aromatic rings. The molecule has 1 rings (SSSR count). The average molecular weight is 287 g/mol. The van der Waals surface area contributed by atoms with Crippen molar-refractivity contribution >= 4 is 0 Å². The third-order valence-corrected chi connectivity index (χ3v) is 4.05. The van der Waals surface area contributed by atoms with Crippen LogP contribution in [-0.4, -0.2) is 52.7 Å². The summed E-state index contributed by atoms with van der Waals surface area (Å²) in [7, 11) is 2.07. The zero-order valence-corrected chi connectivity index (χ0v) is 13.4. The van der Waals surface area contributed by atoms with Crippen LogP contribution in [0.15, 0.2) is 0 Å². The molecule has 0 spiro atoms. The Morgan fingerprint density at radius 1 is 0.900 bits per heavy atom. The molecule has 0 heterocycles. The molecule has 0 aliphatic heterocycles. The van der Waals surface area contributed by atoms with E-state index in [-0.39, 0.29) is 0 Å². The first-order valence-electron chi connectivity index (χ1n) is 8.29. The zero-order valence-electron chi connectivity index (χ0n) is 13.4. The van der Waals surface area contributed by atoms with Crippen molar-refractivity contribution in [3.05, 3.63) is 0 Å². The molecule has 4 nitrogen and oxygen atoms in total. The summed E-state index contributed by atoms with van der Waals surface area (Å²) in [6.07, 6.45) is 7.52. The van der Waals surface area contributed by atoms with Crippen LogP contribution in [0, 0.1) is 5.92 Å². The van der Waals surface area contributed by atoms with E-state index >= 15 is 0 Å². The standard InChI is InChI=1S/C16H33NO3/c1-3-4-9-18-11-13-20-14-12-19-10-8-15-6-5-7-16(15)17-2/h15-17H,3-14H2,1-2H3. The fourth-order valence-corrected chi connectivity index (χ4v) is 2.79. The maximum Gasteiger partial charge on any atom is 0.0701 e. The van der Waals surface area contributed by atoms with Gasteiger partial charge in [-0.2, -0.15) is 0 Å². The number of rotatable bonds is 13. The Morgan fingerprint density at radius 3 is 2.20 bits per heavy atom. The van der Waals surface area contributed by atoms with E-state index in [9.17, 15) is 0 Å². The number of ether oxygens (including phenoxy) is 3. The second-order valence-electron chi connectivity index (χ2n) is 5.57. The van der Waals surface area contributed by atoms with Crippen LogP contribution >= 0.6 is 0 Å². The van der Waals surface area contributed by atoms with Gasteiger partial charge in [-0.3, -0.25) is 0 Å². The SMILES string of the molecule is CCCCOCCOCCOCCC1CCCC1NC. The second kappa shape index (κ2) is 12.6. The predicted molar refractivity (Wildman–Crippen MR) is 82.2 cm³/mol. The van der Waals surface area contributed by atoms with Crippen LogP contribution < -0.4 is 5.32 Å². The Labute approximate surface area is 124 Å². The van der Waals surface area contributed by atoms with E-state index in [4.69, 9.17) is 14.2 Å². The number of hydrogen-bond donors (Lipinski definition) is 1. The molecule has 120 valence electrons. The van der Waals surface area contributed by atoms with Crippen LogP contribution in [0.5, 0.6) is 0 Å². The second-order valence-corrected chi connectivity index (χ2v) is 5.57. The van der Waals surface area contributed by atoms with Crippen molar-refractivity contribution in [3.8, 4) is 0 Å². The molecular formula is C16H33NO3. The Balaban J connectivity index is 1.78. The predicted octanol–water partition coefficient (Wildman–Crippen LogP) is 2.61. The third kappa shape index (κ3) is 8.20. The van der Waals surface area contributed by atoms with Gasteiger partial charge in [0.05, 0.1) is 26.4 Å². The summed E-state index contributed by atoms with van der Waals surface area (Å²) >= 11 is 0. The summed E-state index contributed by atoms with van der Waals surface area (Å²) in [4.78, 5) is 0. The van der Waals surface area contributed by atoms with Crippen molar-refractivity contribution in [2.75, 3.05) is 46.7 Å². The number of unbranched alkanes of at least 4 members (excludes halogenated alkanes) is 1. The van der Waals surface area contributed by atoms with Crippen molar-refractivity contribution in [1.29, 1.82) is 0 Å². The molecule has 2 unspecified atom stereocenters. The molecule has 20 heavy (non-hydrogen) atoms. The lowest BCUT2D eigenvalue weighted by Gasteiger charge is -2.18. The lowest BCUT2D eigenvalue weighted by atomic mass is 10.0. The summed E-state index contributed by atoms with van der Waals surface area (Å²) in [6, 6.07) is 0.704. The molecule has 1 saturated carbocycles. The van der Waals surface area contributed by atoms with Crippen molar-refractivity contribution < 1.29 is 14.2 Å². The fraction of sp³-hybridized carbons (Fsp3) is 1.00. The molecule has 4 heteroatoms. The summed E-state index contributed by atoms with van der Waals surface area (Å²) in [6.45, 7) is 6.64. The minimum Gasteiger partial charge on any atom is -0.379 e. The summed E-state index contributed by atoms with van der Waals surface area (Å²) in [5.74, 6) is 0.799. The normalized spacial score (nSPS) is 22.5. The van der Waals surface area contributed by atoms with E-state index in [0.717, 1.165) is 25.6 Å². The van der Waals surface area contributed by atoms with Crippen molar-refractivity contribution in [2.45, 2.75) is 51.5 Å². The summed E-state index contributed by atoms with van der Waals surface area (Å²) in [5, 5.41) is 3.41. The van der Waals surface area contributed by atoms with Gasteiger partial charge in [-0.1, -0.05) is 19.8 Å². The van der Waals surface area contributed by atoms with Crippen LogP contribution in [0.1, 0.15) is 45.4 Å². The van der Waals surface area contributed by atoms with E-state index < -0.39 is 0 Å². The van der Waals surface area contributed by atoms with Gasteiger partial charge in [0, 0.05) is 19.3 Å². The van der Waals surface area contributed by atoms with Gasteiger partial charge in [0.1, 0.15) is 0 Å². The highest BCUT2D eigenvalue weighted by atomic mass is 16.5. The highest BCUT2D eigenvalue weighted by Gasteiger charge is 2.25. The minimum absolute atomic E-state index is 0.678. The topological polar surface area (TPSA) is 39.7 Å². The zero-order chi connectivity index (χ0) is 14.5. The molecule has 0 radical (unpaired) electrons. The maximum absolute atomic E-state index is 5.64. The molecule has 0 aromatic heterocycles. The smallest absolute Gasteiger partial charge is 0.0701 e. The van der Waals surface area contributed by atoms with E-state index in [1.54, 1.807) is 0 Å². The van der Waals surface area contributed by atoms with E-state index in [2.05, 4.69) is 19.3 Å². The van der Waals surface area contributed by atoms with Gasteiger partial charge in [-0.25, -0.2) is 0 Å². The lowest BCUT2D eigenvalue weighted by molar-refractivity contribution is 0.0115. The minimum atomic E-state index is 0.678. The molecule has 0 aromatic carbocycles. The van der Waals surface area contributed by atoms with Gasteiger partial charge in [0.25, 0.3) is 0 Å². The van der Waals surface area contributed by atoms with Gasteiger partial charge in [0.2, 0.25) is 0 Å². The van der Waals surface area contributed by atoms with Gasteiger partial charge in [-0.15, -0.1) is 0 Å². The third-order valence-electron chi connectivity index (χ3n) is 4.05. The lowest BCUT2D eigenvalue weighted by Crippen LogP contribution is -2.29. The van der Waals surface area contributed by atoms with Gasteiger partial charge >= 0.3 is 0 Å². The molecule has 0 amide bonds. The summed E-state index contributed by atoms with van der Waals surface area (Å²) in [5.41, 5.74) is 0. The van der Waals surface area contributed by atoms with Crippen LogP contribution in [0.25, 0.3) is 0 Å². The first-order valence-corrected chi connectivity index (χ1v) is 8.29. The fourth-order valence-electron chi connectivity index (χ4n) is 2.79. The maximum atomic E-state index is 5.64. The van der Waals surface area contributed by atoms with Gasteiger partial charge < -0.3 is 19.5 Å². The van der Waals surface area contributed by atoms with E-state index in [1.165, 1.54) is 32.1 Å². The van der Waals surface area contributed by atoms with E-state index in [0.29, 0.717) is 32.5 Å². The van der Waals surface area contributed by atoms with Crippen LogP contribution in [0.4, 0.5) is 0 Å². The Morgan fingerprint density at radius 2 is 1.55 bits per heavy atom. The number of nitrogens with one attached hydrogen (secondary N) is 1. The van der Waals surface area contributed by atoms with Crippen molar-refractivity contribution in [1.82, 2.24) is 5.32 Å². The largest absolute Gasteiger partial charge is 0.379 e. The first kappa shape index (κ1) is 17.9. The Hall–Kier alpha value is -0.160. The molecule has 1 fully saturated rings. The average Bonchev–Trinajstić information content (AvgIpc) is 2.92. The monoisotopic (exact) mass is 287 g/mol. The van der Waals surface area contributed by atoms with Crippen LogP contribution in [-0.2, 0) is 14.2 Å². The molecule has 1 aliphatic rings.